The molecule has 0 aliphatic rings. The summed E-state index contributed by atoms with van der Waals surface area (Å²) in [6.45, 7) is 1.80. The summed E-state index contributed by atoms with van der Waals surface area (Å²) < 4.78 is 23.4. The Balaban J connectivity index is 2.27. The molecule has 0 heterocycles. The molecular weight excluding hydrogens is 357 g/mol. The van der Waals surface area contributed by atoms with Crippen LogP contribution in [0.3, 0.4) is 0 Å². The van der Waals surface area contributed by atoms with Crippen LogP contribution < -0.4 is 5.32 Å². The normalized spacial score (nSPS) is 12.7. The molecule has 0 saturated heterocycles. The molecule has 23 heavy (non-hydrogen) atoms. The van der Waals surface area contributed by atoms with Gasteiger partial charge in [0, 0.05) is 16.8 Å². The first-order valence-corrected chi connectivity index (χ1v) is 9.40. The molecule has 122 valence electrons. The van der Waals surface area contributed by atoms with E-state index in [1.807, 2.05) is 12.1 Å². The molecule has 0 aromatic heterocycles. The minimum atomic E-state index is -3.51. The Bertz CT molecular complexity index is 850. The van der Waals surface area contributed by atoms with Crippen LogP contribution in [0.1, 0.15) is 28.9 Å². The fourth-order valence-electron chi connectivity index (χ4n) is 2.11. The van der Waals surface area contributed by atoms with E-state index in [1.54, 1.807) is 19.1 Å². The number of benzene rings is 2. The average Bonchev–Trinajstić information content (AvgIpc) is 2.46. The van der Waals surface area contributed by atoms with Crippen molar-refractivity contribution in [2.75, 3.05) is 6.26 Å². The zero-order chi connectivity index (χ0) is 17.2. The van der Waals surface area contributed by atoms with E-state index in [9.17, 15) is 13.2 Å². The molecule has 2 rings (SSSR count). The molecule has 2 aromatic rings. The average molecular weight is 372 g/mol. The van der Waals surface area contributed by atoms with Gasteiger partial charge in [-0.15, -0.1) is 0 Å². The van der Waals surface area contributed by atoms with E-state index < -0.39 is 15.7 Å². The SMILES string of the molecule is CC(NC(=O)c1ccc(Cl)c(S(C)(=O)=O)c1)c1ccccc1Cl. The lowest BCUT2D eigenvalue weighted by Gasteiger charge is -2.16. The predicted molar refractivity (Wildman–Crippen MR) is 91.9 cm³/mol. The molecule has 0 aliphatic carbocycles. The van der Waals surface area contributed by atoms with Crippen LogP contribution >= 0.6 is 23.2 Å². The second-order valence-corrected chi connectivity index (χ2v) is 7.93. The number of nitrogens with one attached hydrogen (secondary N) is 1. The third-order valence-corrected chi connectivity index (χ3v) is 5.23. The molecule has 7 heteroatoms. The molecule has 0 spiro atoms. The minimum Gasteiger partial charge on any atom is -0.345 e. The molecule has 0 saturated carbocycles. The van der Waals surface area contributed by atoms with Crippen LogP contribution in [0, 0.1) is 0 Å². The summed E-state index contributed by atoms with van der Waals surface area (Å²) in [6, 6.07) is 11.0. The Hall–Kier alpha value is -1.56. The monoisotopic (exact) mass is 371 g/mol. The van der Waals surface area contributed by atoms with Crippen molar-refractivity contribution < 1.29 is 13.2 Å². The third kappa shape index (κ3) is 4.25. The van der Waals surface area contributed by atoms with Gasteiger partial charge in [-0.3, -0.25) is 4.79 Å². The highest BCUT2D eigenvalue weighted by molar-refractivity contribution is 7.90. The van der Waals surface area contributed by atoms with Crippen LogP contribution in [0.2, 0.25) is 10.0 Å². The van der Waals surface area contributed by atoms with Gasteiger partial charge >= 0.3 is 0 Å². The third-order valence-electron chi connectivity index (χ3n) is 3.31. The van der Waals surface area contributed by atoms with Gasteiger partial charge in [0.2, 0.25) is 0 Å². The van der Waals surface area contributed by atoms with Crippen LogP contribution in [-0.4, -0.2) is 20.6 Å². The van der Waals surface area contributed by atoms with Crippen molar-refractivity contribution in [3.8, 4) is 0 Å². The van der Waals surface area contributed by atoms with E-state index >= 15 is 0 Å². The highest BCUT2D eigenvalue weighted by Crippen LogP contribution is 2.25. The van der Waals surface area contributed by atoms with Crippen LogP contribution in [0.4, 0.5) is 0 Å². The van der Waals surface area contributed by atoms with Crippen molar-refractivity contribution in [3.63, 3.8) is 0 Å². The summed E-state index contributed by atoms with van der Waals surface area (Å²) in [7, 11) is -3.51. The molecule has 0 bridgehead atoms. The van der Waals surface area contributed by atoms with Gasteiger partial charge in [0.05, 0.1) is 16.0 Å². The zero-order valence-corrected chi connectivity index (χ0v) is 14.8. The molecule has 0 aliphatic heterocycles. The maximum absolute atomic E-state index is 12.3. The maximum Gasteiger partial charge on any atom is 0.251 e. The Morgan fingerprint density at radius 2 is 1.74 bits per heavy atom. The maximum atomic E-state index is 12.3. The lowest BCUT2D eigenvalue weighted by atomic mass is 10.1. The van der Waals surface area contributed by atoms with E-state index in [1.165, 1.54) is 18.2 Å². The Labute approximate surface area is 145 Å². The fraction of sp³-hybridized carbons (Fsp3) is 0.188. The first-order chi connectivity index (χ1) is 10.7. The van der Waals surface area contributed by atoms with Gasteiger partial charge in [0.25, 0.3) is 5.91 Å². The molecule has 0 fully saturated rings. The largest absolute Gasteiger partial charge is 0.345 e. The van der Waals surface area contributed by atoms with E-state index in [4.69, 9.17) is 23.2 Å². The van der Waals surface area contributed by atoms with E-state index in [2.05, 4.69) is 5.32 Å². The Morgan fingerprint density at radius 1 is 1.09 bits per heavy atom. The van der Waals surface area contributed by atoms with Gasteiger partial charge in [-0.25, -0.2) is 8.42 Å². The van der Waals surface area contributed by atoms with Gasteiger partial charge in [-0.2, -0.15) is 0 Å². The van der Waals surface area contributed by atoms with Crippen molar-refractivity contribution >= 4 is 38.9 Å². The van der Waals surface area contributed by atoms with Gasteiger partial charge in [0.1, 0.15) is 0 Å². The van der Waals surface area contributed by atoms with Crippen molar-refractivity contribution in [3.05, 3.63) is 63.6 Å². The summed E-state index contributed by atoms with van der Waals surface area (Å²) in [5.74, 6) is -0.404. The number of carbonyl (C=O) groups is 1. The number of sulfone groups is 1. The molecule has 1 amide bonds. The molecule has 4 nitrogen and oxygen atoms in total. The van der Waals surface area contributed by atoms with Crippen LogP contribution in [0.15, 0.2) is 47.4 Å². The van der Waals surface area contributed by atoms with Gasteiger partial charge in [-0.05, 0) is 36.8 Å². The van der Waals surface area contributed by atoms with Gasteiger partial charge in [-0.1, -0.05) is 41.4 Å². The molecule has 1 atom stereocenters. The van der Waals surface area contributed by atoms with Crippen LogP contribution in [-0.2, 0) is 9.84 Å². The molecule has 1 N–H and O–H groups in total. The van der Waals surface area contributed by atoms with Gasteiger partial charge < -0.3 is 5.32 Å². The van der Waals surface area contributed by atoms with Crippen molar-refractivity contribution in [1.82, 2.24) is 5.32 Å². The first-order valence-electron chi connectivity index (χ1n) is 6.75. The molecule has 1 unspecified atom stereocenters. The van der Waals surface area contributed by atoms with E-state index in [-0.39, 0.29) is 21.5 Å². The summed E-state index contributed by atoms with van der Waals surface area (Å²) >= 11 is 12.0. The minimum absolute atomic E-state index is 0.0720. The first kappa shape index (κ1) is 17.8. The Morgan fingerprint density at radius 3 is 2.35 bits per heavy atom. The summed E-state index contributed by atoms with van der Waals surface area (Å²) in [5, 5.41) is 3.43. The number of hydrogen-bond acceptors (Lipinski definition) is 3. The van der Waals surface area contributed by atoms with E-state index in [0.29, 0.717) is 5.02 Å². The standard InChI is InChI=1S/C16H15Cl2NO3S/c1-10(12-5-3-4-6-13(12)17)19-16(20)11-7-8-14(18)15(9-11)23(2,21)22/h3-10H,1-2H3,(H,19,20). The van der Waals surface area contributed by atoms with E-state index in [0.717, 1.165) is 11.8 Å². The number of hydrogen-bond donors (Lipinski definition) is 1. The Kier molecular flexibility index (Phi) is 5.34. The fourth-order valence-corrected chi connectivity index (χ4v) is 3.71. The summed E-state index contributed by atoms with van der Waals surface area (Å²) in [6.07, 6.45) is 1.04. The quantitative estimate of drug-likeness (QED) is 0.886. The highest BCUT2D eigenvalue weighted by atomic mass is 35.5. The van der Waals surface area contributed by atoms with Crippen molar-refractivity contribution in [2.45, 2.75) is 17.9 Å². The number of amides is 1. The lowest BCUT2D eigenvalue weighted by Crippen LogP contribution is -2.27. The molecule has 2 aromatic carbocycles. The van der Waals surface area contributed by atoms with Gasteiger partial charge in [0.15, 0.2) is 9.84 Å². The second-order valence-electron chi connectivity index (χ2n) is 5.13. The van der Waals surface area contributed by atoms with Crippen molar-refractivity contribution in [1.29, 1.82) is 0 Å². The summed E-state index contributed by atoms with van der Waals surface area (Å²) in [4.78, 5) is 12.3. The van der Waals surface area contributed by atoms with Crippen molar-refractivity contribution in [2.24, 2.45) is 0 Å². The second kappa shape index (κ2) is 6.91. The zero-order valence-electron chi connectivity index (χ0n) is 12.5. The number of halogens is 2. The molecular formula is C16H15Cl2NO3S. The lowest BCUT2D eigenvalue weighted by molar-refractivity contribution is 0.0939. The summed E-state index contributed by atoms with van der Waals surface area (Å²) in [5.41, 5.74) is 0.994. The smallest absolute Gasteiger partial charge is 0.251 e. The van der Waals surface area contributed by atoms with Crippen LogP contribution in [0.5, 0.6) is 0 Å². The number of rotatable bonds is 4. The topological polar surface area (TPSA) is 63.2 Å². The predicted octanol–water partition coefficient (Wildman–Crippen LogP) is 3.89. The number of carbonyl (C=O) groups excluding carboxylic acids is 1. The van der Waals surface area contributed by atoms with Crippen LogP contribution in [0.25, 0.3) is 0 Å². The highest BCUT2D eigenvalue weighted by Gasteiger charge is 2.18. The molecule has 0 radical (unpaired) electrons.